The zero-order valence-corrected chi connectivity index (χ0v) is 10.2. The van der Waals surface area contributed by atoms with E-state index < -0.39 is 0 Å². The minimum absolute atomic E-state index is 0.476. The van der Waals surface area contributed by atoms with Crippen molar-refractivity contribution < 1.29 is 0 Å². The van der Waals surface area contributed by atoms with Gasteiger partial charge in [0.25, 0.3) is 0 Å². The third-order valence-corrected chi connectivity index (χ3v) is 3.09. The summed E-state index contributed by atoms with van der Waals surface area (Å²) in [6, 6.07) is 0. The summed E-state index contributed by atoms with van der Waals surface area (Å²) in [5, 5.41) is 6.83. The Labute approximate surface area is 96.8 Å². The summed E-state index contributed by atoms with van der Waals surface area (Å²) in [4.78, 5) is 9.53. The van der Waals surface area contributed by atoms with Gasteiger partial charge in [0, 0.05) is 12.6 Å². The molecular weight excluding hydrogens is 228 g/mol. The van der Waals surface area contributed by atoms with Crippen molar-refractivity contribution in [3.05, 3.63) is 16.0 Å². The smallest absolute Gasteiger partial charge is 0.213 e. The Morgan fingerprint density at radius 2 is 2.27 bits per heavy atom. The number of rotatable bonds is 3. The number of nitrogens with zero attached hydrogens (tertiary/aromatic N) is 2. The standard InChI is InChI=1S/C9H12N4S2/c1-5(2)3-7-10-4-6(15-7)8-11-9(14)13-12-8/h4-5H,3H2,1-2H3,(H2,11,12,13,14). The van der Waals surface area contributed by atoms with Gasteiger partial charge in [-0.3, -0.25) is 10.2 Å². The Hall–Kier alpha value is -1.01. The lowest BCUT2D eigenvalue weighted by molar-refractivity contribution is 0.644. The van der Waals surface area contributed by atoms with E-state index in [0.717, 1.165) is 22.1 Å². The molecule has 6 heteroatoms. The highest BCUT2D eigenvalue weighted by atomic mass is 32.1. The van der Waals surface area contributed by atoms with Crippen LogP contribution >= 0.6 is 23.6 Å². The quantitative estimate of drug-likeness (QED) is 0.811. The van der Waals surface area contributed by atoms with Crippen molar-refractivity contribution in [1.82, 2.24) is 20.2 Å². The van der Waals surface area contributed by atoms with Gasteiger partial charge in [-0.25, -0.2) is 4.98 Å². The first-order valence-corrected chi connectivity index (χ1v) is 5.97. The van der Waals surface area contributed by atoms with Crippen LogP contribution < -0.4 is 0 Å². The lowest BCUT2D eigenvalue weighted by atomic mass is 10.1. The van der Waals surface area contributed by atoms with Crippen LogP contribution in [0.1, 0.15) is 18.9 Å². The van der Waals surface area contributed by atoms with E-state index in [1.54, 1.807) is 11.3 Å². The van der Waals surface area contributed by atoms with Gasteiger partial charge in [-0.15, -0.1) is 11.3 Å². The summed E-state index contributed by atoms with van der Waals surface area (Å²) in [5.41, 5.74) is 0. The first-order chi connectivity index (χ1) is 7.15. The van der Waals surface area contributed by atoms with E-state index in [2.05, 4.69) is 34.0 Å². The van der Waals surface area contributed by atoms with Crippen LogP contribution in [-0.2, 0) is 6.42 Å². The fourth-order valence-corrected chi connectivity index (χ4v) is 2.47. The van der Waals surface area contributed by atoms with Crippen LogP contribution in [0.3, 0.4) is 0 Å². The SMILES string of the molecule is CC(C)Cc1ncc(-c2nc(=S)[nH][nH]2)s1. The molecule has 2 N–H and O–H groups in total. The highest BCUT2D eigenvalue weighted by Gasteiger charge is 2.08. The molecule has 0 unspecified atom stereocenters. The number of aromatic amines is 2. The van der Waals surface area contributed by atoms with E-state index in [9.17, 15) is 0 Å². The van der Waals surface area contributed by atoms with Gasteiger partial charge in [-0.05, 0) is 18.1 Å². The molecule has 0 saturated heterocycles. The lowest BCUT2D eigenvalue weighted by Crippen LogP contribution is -1.91. The van der Waals surface area contributed by atoms with Crippen molar-refractivity contribution in [2.24, 2.45) is 5.92 Å². The van der Waals surface area contributed by atoms with Crippen molar-refractivity contribution in [2.75, 3.05) is 0 Å². The minimum Gasteiger partial charge on any atom is -0.281 e. The summed E-state index contributed by atoms with van der Waals surface area (Å²) in [6.07, 6.45) is 2.85. The fraction of sp³-hybridized carbons (Fsp3) is 0.444. The van der Waals surface area contributed by atoms with Gasteiger partial charge in [-0.2, -0.15) is 4.98 Å². The number of aromatic nitrogens is 4. The first kappa shape index (κ1) is 10.5. The van der Waals surface area contributed by atoms with Crippen LogP contribution in [0.25, 0.3) is 10.7 Å². The van der Waals surface area contributed by atoms with Crippen LogP contribution in [0.5, 0.6) is 0 Å². The van der Waals surface area contributed by atoms with Crippen molar-refractivity contribution in [3.8, 4) is 10.7 Å². The van der Waals surface area contributed by atoms with Gasteiger partial charge < -0.3 is 0 Å². The van der Waals surface area contributed by atoms with E-state index in [1.807, 2.05) is 6.20 Å². The normalized spacial score (nSPS) is 11.1. The van der Waals surface area contributed by atoms with E-state index in [-0.39, 0.29) is 0 Å². The predicted molar refractivity (Wildman–Crippen MR) is 63.4 cm³/mol. The second-order valence-electron chi connectivity index (χ2n) is 3.73. The Bertz CT molecular complexity index is 494. The van der Waals surface area contributed by atoms with Crippen molar-refractivity contribution >= 4 is 23.6 Å². The third-order valence-electron chi connectivity index (χ3n) is 1.87. The maximum Gasteiger partial charge on any atom is 0.213 e. The molecule has 0 fully saturated rings. The molecule has 0 saturated carbocycles. The van der Waals surface area contributed by atoms with Crippen LogP contribution in [-0.4, -0.2) is 20.2 Å². The summed E-state index contributed by atoms with van der Waals surface area (Å²) >= 11 is 6.55. The average Bonchev–Trinajstić information content (AvgIpc) is 2.72. The highest BCUT2D eigenvalue weighted by molar-refractivity contribution is 7.71. The molecule has 15 heavy (non-hydrogen) atoms. The summed E-state index contributed by atoms with van der Waals surface area (Å²) in [7, 11) is 0. The molecule has 2 aromatic heterocycles. The number of thiazole rings is 1. The zero-order chi connectivity index (χ0) is 10.8. The topological polar surface area (TPSA) is 57.4 Å². The van der Waals surface area contributed by atoms with Gasteiger partial charge >= 0.3 is 0 Å². The molecule has 2 heterocycles. The molecule has 80 valence electrons. The van der Waals surface area contributed by atoms with Gasteiger partial charge in [0.15, 0.2) is 5.82 Å². The van der Waals surface area contributed by atoms with Crippen LogP contribution in [0.15, 0.2) is 6.20 Å². The summed E-state index contributed by atoms with van der Waals surface area (Å²) in [6.45, 7) is 4.37. The van der Waals surface area contributed by atoms with Gasteiger partial charge in [0.05, 0.1) is 9.88 Å². The van der Waals surface area contributed by atoms with E-state index in [4.69, 9.17) is 12.2 Å². The molecule has 0 spiro atoms. The number of H-pyrrole nitrogens is 2. The highest BCUT2D eigenvalue weighted by Crippen LogP contribution is 2.23. The van der Waals surface area contributed by atoms with Crippen molar-refractivity contribution in [3.63, 3.8) is 0 Å². The Balaban J connectivity index is 2.23. The van der Waals surface area contributed by atoms with Crippen molar-refractivity contribution in [2.45, 2.75) is 20.3 Å². The molecule has 0 atom stereocenters. The van der Waals surface area contributed by atoms with E-state index >= 15 is 0 Å². The Morgan fingerprint density at radius 3 is 2.87 bits per heavy atom. The molecule has 0 bridgehead atoms. The average molecular weight is 240 g/mol. The van der Waals surface area contributed by atoms with Gasteiger partial charge in [0.2, 0.25) is 4.77 Å². The Kier molecular flexibility index (Phi) is 2.97. The van der Waals surface area contributed by atoms with E-state index in [1.165, 1.54) is 0 Å². The van der Waals surface area contributed by atoms with Crippen LogP contribution in [0.4, 0.5) is 0 Å². The van der Waals surface area contributed by atoms with E-state index in [0.29, 0.717) is 10.7 Å². The predicted octanol–water partition coefficient (Wildman–Crippen LogP) is 2.79. The van der Waals surface area contributed by atoms with Gasteiger partial charge in [-0.1, -0.05) is 13.8 Å². The summed E-state index contributed by atoms with van der Waals surface area (Å²) < 4.78 is 0.476. The number of nitrogens with one attached hydrogen (secondary N) is 2. The Morgan fingerprint density at radius 1 is 1.47 bits per heavy atom. The third kappa shape index (κ3) is 2.51. The minimum atomic E-state index is 0.476. The summed E-state index contributed by atoms with van der Waals surface area (Å²) in [5.74, 6) is 1.40. The van der Waals surface area contributed by atoms with Crippen molar-refractivity contribution in [1.29, 1.82) is 0 Å². The second kappa shape index (κ2) is 4.24. The molecule has 0 aliphatic carbocycles. The largest absolute Gasteiger partial charge is 0.281 e. The number of hydrogen-bond acceptors (Lipinski definition) is 4. The molecule has 0 amide bonds. The lowest BCUT2D eigenvalue weighted by Gasteiger charge is -1.97. The molecule has 0 radical (unpaired) electrons. The van der Waals surface area contributed by atoms with Gasteiger partial charge in [0.1, 0.15) is 0 Å². The zero-order valence-electron chi connectivity index (χ0n) is 8.57. The molecular formula is C9H12N4S2. The molecule has 0 aromatic carbocycles. The molecule has 2 rings (SSSR count). The molecule has 2 aromatic rings. The monoisotopic (exact) mass is 240 g/mol. The number of hydrogen-bond donors (Lipinski definition) is 2. The fourth-order valence-electron chi connectivity index (χ4n) is 1.25. The molecule has 4 nitrogen and oxygen atoms in total. The van der Waals surface area contributed by atoms with Crippen LogP contribution in [0, 0.1) is 10.7 Å². The first-order valence-electron chi connectivity index (χ1n) is 4.75. The molecule has 0 aliphatic heterocycles. The van der Waals surface area contributed by atoms with Crippen LogP contribution in [0.2, 0.25) is 0 Å². The molecule has 0 aliphatic rings. The second-order valence-corrected chi connectivity index (χ2v) is 5.23. The maximum absolute atomic E-state index is 4.90. The maximum atomic E-state index is 4.90.